The highest BCUT2D eigenvalue weighted by Crippen LogP contribution is 2.26. The Labute approximate surface area is 178 Å². The zero-order chi connectivity index (χ0) is 19.8. The third kappa shape index (κ3) is 6.78. The third-order valence-corrected chi connectivity index (χ3v) is 5.46. The van der Waals surface area contributed by atoms with E-state index in [0.717, 1.165) is 38.8 Å². The van der Waals surface area contributed by atoms with Gasteiger partial charge in [0, 0.05) is 19.6 Å². The first-order valence-corrected chi connectivity index (χ1v) is 10.2. The fourth-order valence-corrected chi connectivity index (χ4v) is 3.88. The molecule has 2 heterocycles. The van der Waals surface area contributed by atoms with Crippen molar-refractivity contribution in [2.45, 2.75) is 38.1 Å². The Bertz CT molecular complexity index is 667. The summed E-state index contributed by atoms with van der Waals surface area (Å²) in [4.78, 5) is 26.6. The van der Waals surface area contributed by atoms with Gasteiger partial charge >= 0.3 is 0 Å². The van der Waals surface area contributed by atoms with Gasteiger partial charge in [-0.1, -0.05) is 12.1 Å². The summed E-state index contributed by atoms with van der Waals surface area (Å²) in [6.07, 6.45) is 4.32. The number of hydrogen-bond acceptors (Lipinski definition) is 5. The lowest BCUT2D eigenvalue weighted by molar-refractivity contribution is -0.133. The third-order valence-electron chi connectivity index (χ3n) is 5.46. The van der Waals surface area contributed by atoms with Crippen molar-refractivity contribution in [1.82, 2.24) is 15.5 Å². The number of methoxy groups -OCH3 is 1. The quantitative estimate of drug-likeness (QED) is 0.665. The Balaban J connectivity index is 0.00000300. The number of hydrogen-bond donors (Lipinski definition) is 2. The molecule has 2 aliphatic rings. The smallest absolute Gasteiger partial charge is 0.237 e. The highest BCUT2D eigenvalue weighted by molar-refractivity contribution is 5.85. The standard InChI is InChI=1S/C21H31N3O4.ClH/c1-27-18-8-2-3-9-19(18)28-13-10-20(25)24-12-5-6-16(15-24)14-23-21(26)17-7-4-11-22-17;/h2-3,8-9,16-17,22H,4-7,10-15H2,1H3,(H,23,26);1H. The maximum atomic E-state index is 12.6. The van der Waals surface area contributed by atoms with E-state index < -0.39 is 0 Å². The second-order valence-electron chi connectivity index (χ2n) is 7.49. The van der Waals surface area contributed by atoms with Gasteiger partial charge < -0.3 is 25.0 Å². The molecule has 2 unspecified atom stereocenters. The number of para-hydroxylation sites is 2. The molecule has 3 rings (SSSR count). The maximum Gasteiger partial charge on any atom is 0.237 e. The van der Waals surface area contributed by atoms with E-state index >= 15 is 0 Å². The van der Waals surface area contributed by atoms with Crippen LogP contribution in [0.1, 0.15) is 32.1 Å². The molecule has 8 heteroatoms. The number of nitrogens with zero attached hydrogens (tertiary/aromatic N) is 1. The van der Waals surface area contributed by atoms with Crippen LogP contribution in [0.4, 0.5) is 0 Å². The fraction of sp³-hybridized carbons (Fsp3) is 0.619. The second-order valence-corrected chi connectivity index (χ2v) is 7.49. The predicted octanol–water partition coefficient (Wildman–Crippen LogP) is 1.99. The minimum absolute atomic E-state index is 0. The number of carbonyl (C=O) groups excluding carboxylic acids is 2. The van der Waals surface area contributed by atoms with Crippen molar-refractivity contribution < 1.29 is 19.1 Å². The predicted molar refractivity (Wildman–Crippen MR) is 114 cm³/mol. The van der Waals surface area contributed by atoms with Crippen molar-refractivity contribution in [2.24, 2.45) is 5.92 Å². The highest BCUT2D eigenvalue weighted by Gasteiger charge is 2.26. The summed E-state index contributed by atoms with van der Waals surface area (Å²) in [6.45, 7) is 3.36. The summed E-state index contributed by atoms with van der Waals surface area (Å²) >= 11 is 0. The number of nitrogens with one attached hydrogen (secondary N) is 2. The molecule has 0 radical (unpaired) electrons. The number of rotatable bonds is 8. The normalized spacial score (nSPS) is 21.2. The van der Waals surface area contributed by atoms with Gasteiger partial charge in [-0.3, -0.25) is 9.59 Å². The van der Waals surface area contributed by atoms with Gasteiger partial charge in [0.2, 0.25) is 11.8 Å². The van der Waals surface area contributed by atoms with Gasteiger partial charge in [0.05, 0.1) is 26.2 Å². The molecule has 162 valence electrons. The molecule has 2 amide bonds. The number of ether oxygens (including phenoxy) is 2. The lowest BCUT2D eigenvalue weighted by Gasteiger charge is -2.33. The molecule has 2 atom stereocenters. The van der Waals surface area contributed by atoms with Crippen LogP contribution in [0.5, 0.6) is 11.5 Å². The van der Waals surface area contributed by atoms with E-state index in [1.807, 2.05) is 29.2 Å². The molecule has 0 saturated carbocycles. The first-order valence-electron chi connectivity index (χ1n) is 10.2. The lowest BCUT2D eigenvalue weighted by atomic mass is 9.97. The van der Waals surface area contributed by atoms with Crippen LogP contribution in [-0.2, 0) is 9.59 Å². The molecule has 0 aliphatic carbocycles. The first-order chi connectivity index (χ1) is 13.7. The average molecular weight is 426 g/mol. The van der Waals surface area contributed by atoms with Crippen LogP contribution in [0.25, 0.3) is 0 Å². The summed E-state index contributed by atoms with van der Waals surface area (Å²) < 4.78 is 11.0. The number of piperidine rings is 1. The average Bonchev–Trinajstić information content (AvgIpc) is 3.27. The summed E-state index contributed by atoms with van der Waals surface area (Å²) in [6, 6.07) is 7.38. The molecule has 2 aliphatic heterocycles. The van der Waals surface area contributed by atoms with E-state index in [9.17, 15) is 9.59 Å². The molecule has 2 fully saturated rings. The molecule has 2 saturated heterocycles. The minimum Gasteiger partial charge on any atom is -0.493 e. The SMILES string of the molecule is COc1ccccc1OCCC(=O)N1CCCC(CNC(=O)C2CCCN2)C1.Cl. The summed E-state index contributed by atoms with van der Waals surface area (Å²) in [7, 11) is 1.60. The van der Waals surface area contributed by atoms with Crippen LogP contribution < -0.4 is 20.1 Å². The van der Waals surface area contributed by atoms with Gasteiger partial charge in [-0.2, -0.15) is 0 Å². The van der Waals surface area contributed by atoms with E-state index in [0.29, 0.717) is 43.5 Å². The summed E-state index contributed by atoms with van der Waals surface area (Å²) in [5.74, 6) is 1.82. The molecule has 0 spiro atoms. The molecule has 0 aromatic heterocycles. The van der Waals surface area contributed by atoms with Crippen molar-refractivity contribution in [1.29, 1.82) is 0 Å². The number of likely N-dealkylation sites (tertiary alicyclic amines) is 1. The van der Waals surface area contributed by atoms with Gasteiger partial charge in [-0.05, 0) is 50.3 Å². The van der Waals surface area contributed by atoms with E-state index in [1.54, 1.807) is 7.11 Å². The van der Waals surface area contributed by atoms with Crippen LogP contribution in [0.15, 0.2) is 24.3 Å². The lowest BCUT2D eigenvalue weighted by Crippen LogP contribution is -2.46. The van der Waals surface area contributed by atoms with Crippen molar-refractivity contribution in [3.63, 3.8) is 0 Å². The Kier molecular flexibility index (Phi) is 9.54. The van der Waals surface area contributed by atoms with Gasteiger partial charge in [-0.25, -0.2) is 0 Å². The largest absolute Gasteiger partial charge is 0.493 e. The van der Waals surface area contributed by atoms with Crippen molar-refractivity contribution in [3.05, 3.63) is 24.3 Å². The molecule has 2 N–H and O–H groups in total. The number of amides is 2. The van der Waals surface area contributed by atoms with Crippen molar-refractivity contribution in [3.8, 4) is 11.5 Å². The molecule has 1 aromatic carbocycles. The van der Waals surface area contributed by atoms with E-state index in [4.69, 9.17) is 9.47 Å². The van der Waals surface area contributed by atoms with Gasteiger partial charge in [0.15, 0.2) is 11.5 Å². The molecular formula is C21H32ClN3O4. The molecule has 29 heavy (non-hydrogen) atoms. The summed E-state index contributed by atoms with van der Waals surface area (Å²) in [5.41, 5.74) is 0. The maximum absolute atomic E-state index is 12.6. The van der Waals surface area contributed by atoms with Gasteiger partial charge in [0.25, 0.3) is 0 Å². The minimum atomic E-state index is -0.0477. The van der Waals surface area contributed by atoms with Gasteiger partial charge in [0.1, 0.15) is 0 Å². The van der Waals surface area contributed by atoms with Gasteiger partial charge in [-0.15, -0.1) is 12.4 Å². The zero-order valence-electron chi connectivity index (χ0n) is 17.0. The second kappa shape index (κ2) is 11.9. The van der Waals surface area contributed by atoms with Crippen molar-refractivity contribution >= 4 is 24.2 Å². The zero-order valence-corrected chi connectivity index (χ0v) is 17.8. The molecule has 1 aromatic rings. The number of halogens is 1. The Morgan fingerprint density at radius 2 is 2.00 bits per heavy atom. The monoisotopic (exact) mass is 425 g/mol. The van der Waals surface area contributed by atoms with E-state index in [-0.39, 0.29) is 30.3 Å². The van der Waals surface area contributed by atoms with Crippen LogP contribution in [0.2, 0.25) is 0 Å². The summed E-state index contributed by atoms with van der Waals surface area (Å²) in [5, 5.41) is 6.27. The van der Waals surface area contributed by atoms with Crippen LogP contribution in [0.3, 0.4) is 0 Å². The topological polar surface area (TPSA) is 79.9 Å². The van der Waals surface area contributed by atoms with Crippen LogP contribution in [0, 0.1) is 5.92 Å². The highest BCUT2D eigenvalue weighted by atomic mass is 35.5. The van der Waals surface area contributed by atoms with E-state index in [1.165, 1.54) is 0 Å². The number of carbonyl (C=O) groups is 2. The molecular weight excluding hydrogens is 394 g/mol. The molecule has 0 bridgehead atoms. The Morgan fingerprint density at radius 3 is 2.72 bits per heavy atom. The first kappa shape index (κ1) is 23.3. The number of benzene rings is 1. The molecule has 7 nitrogen and oxygen atoms in total. The van der Waals surface area contributed by atoms with Crippen LogP contribution >= 0.6 is 12.4 Å². The van der Waals surface area contributed by atoms with Crippen molar-refractivity contribution in [2.75, 3.05) is 39.9 Å². The van der Waals surface area contributed by atoms with Crippen LogP contribution in [-0.4, -0.2) is 62.7 Å². The van der Waals surface area contributed by atoms with E-state index in [2.05, 4.69) is 10.6 Å². The fourth-order valence-electron chi connectivity index (χ4n) is 3.88. The Morgan fingerprint density at radius 1 is 1.21 bits per heavy atom. The Hall–Kier alpha value is -1.99.